The maximum atomic E-state index is 10.3. The van der Waals surface area contributed by atoms with Crippen LogP contribution in [0.3, 0.4) is 0 Å². The summed E-state index contributed by atoms with van der Waals surface area (Å²) in [4.78, 5) is 4.55. The molecular formula is C19H22ClN3O3. The largest absolute Gasteiger partial charge is 0.454 e. The van der Waals surface area contributed by atoms with Crippen LogP contribution in [-0.2, 0) is 6.54 Å². The first-order valence-corrected chi connectivity index (χ1v) is 8.87. The van der Waals surface area contributed by atoms with Crippen LogP contribution in [0.5, 0.6) is 11.5 Å². The number of hydrogen-bond donors (Lipinski definition) is 3. The third-order valence-corrected chi connectivity index (χ3v) is 4.17. The van der Waals surface area contributed by atoms with Gasteiger partial charge in [-0.05, 0) is 42.3 Å². The standard InChI is InChI=1S/C19H22ClN3O3/c1-2-21-19(23-11-16(24)14-4-6-15(20)7-5-14)22-10-13-3-8-17-18(9-13)26-12-25-17/h3-9,16,24H,2,10-12H2,1H3,(H2,21,22,23). The minimum absolute atomic E-state index is 0.259. The minimum atomic E-state index is -0.651. The average Bonchev–Trinajstić information content (AvgIpc) is 3.12. The normalized spacial score (nSPS) is 14.2. The van der Waals surface area contributed by atoms with E-state index in [0.717, 1.165) is 29.2 Å². The number of fused-ring (bicyclic) bond motifs is 1. The first kappa shape index (κ1) is 18.4. The number of aliphatic hydroxyl groups is 1. The molecule has 0 aliphatic carbocycles. The molecule has 0 saturated heterocycles. The van der Waals surface area contributed by atoms with Crippen molar-refractivity contribution in [3.63, 3.8) is 0 Å². The van der Waals surface area contributed by atoms with Gasteiger partial charge in [0.2, 0.25) is 6.79 Å². The van der Waals surface area contributed by atoms with Crippen LogP contribution in [0, 0.1) is 0 Å². The molecule has 2 aromatic rings. The number of halogens is 1. The van der Waals surface area contributed by atoms with E-state index in [4.69, 9.17) is 21.1 Å². The molecule has 1 atom stereocenters. The van der Waals surface area contributed by atoms with E-state index in [1.54, 1.807) is 12.1 Å². The molecular weight excluding hydrogens is 354 g/mol. The Kier molecular flexibility index (Phi) is 6.20. The van der Waals surface area contributed by atoms with Gasteiger partial charge in [-0.25, -0.2) is 4.99 Å². The van der Waals surface area contributed by atoms with Crippen molar-refractivity contribution in [2.24, 2.45) is 4.99 Å². The SMILES string of the molecule is CCNC(=NCc1ccc2c(c1)OCO2)NCC(O)c1ccc(Cl)cc1. The van der Waals surface area contributed by atoms with Gasteiger partial charge in [0, 0.05) is 18.1 Å². The van der Waals surface area contributed by atoms with Crippen molar-refractivity contribution < 1.29 is 14.6 Å². The van der Waals surface area contributed by atoms with Gasteiger partial charge in [0.15, 0.2) is 17.5 Å². The molecule has 3 rings (SSSR count). The number of rotatable bonds is 6. The van der Waals surface area contributed by atoms with E-state index in [0.29, 0.717) is 24.1 Å². The molecule has 3 N–H and O–H groups in total. The molecule has 0 aromatic heterocycles. The molecule has 26 heavy (non-hydrogen) atoms. The molecule has 0 fully saturated rings. The van der Waals surface area contributed by atoms with Gasteiger partial charge in [-0.2, -0.15) is 0 Å². The predicted octanol–water partition coefficient (Wildman–Crippen LogP) is 2.86. The Balaban J connectivity index is 1.59. The molecule has 0 saturated carbocycles. The Morgan fingerprint density at radius 1 is 1.15 bits per heavy atom. The van der Waals surface area contributed by atoms with E-state index in [9.17, 15) is 5.11 Å². The third kappa shape index (κ3) is 4.80. The van der Waals surface area contributed by atoms with Gasteiger partial charge in [-0.1, -0.05) is 29.8 Å². The van der Waals surface area contributed by atoms with E-state index in [-0.39, 0.29) is 6.79 Å². The van der Waals surface area contributed by atoms with Gasteiger partial charge >= 0.3 is 0 Å². The van der Waals surface area contributed by atoms with Crippen molar-refractivity contribution in [2.45, 2.75) is 19.6 Å². The molecule has 7 heteroatoms. The van der Waals surface area contributed by atoms with Crippen molar-refractivity contribution in [2.75, 3.05) is 19.9 Å². The lowest BCUT2D eigenvalue weighted by molar-refractivity contribution is 0.174. The number of aliphatic imine (C=N–C) groups is 1. The van der Waals surface area contributed by atoms with Crippen LogP contribution in [0.1, 0.15) is 24.2 Å². The summed E-state index contributed by atoms with van der Waals surface area (Å²) in [7, 11) is 0. The minimum Gasteiger partial charge on any atom is -0.454 e. The van der Waals surface area contributed by atoms with Gasteiger partial charge < -0.3 is 25.2 Å². The molecule has 0 bridgehead atoms. The van der Waals surface area contributed by atoms with Crippen molar-refractivity contribution in [3.8, 4) is 11.5 Å². The van der Waals surface area contributed by atoms with Crippen LogP contribution in [-0.4, -0.2) is 30.9 Å². The summed E-state index contributed by atoms with van der Waals surface area (Å²) in [5, 5.41) is 17.3. The highest BCUT2D eigenvalue weighted by Gasteiger charge is 2.13. The molecule has 6 nitrogen and oxygen atoms in total. The molecule has 1 heterocycles. The van der Waals surface area contributed by atoms with E-state index in [2.05, 4.69) is 15.6 Å². The number of aliphatic hydroxyl groups excluding tert-OH is 1. The van der Waals surface area contributed by atoms with E-state index < -0.39 is 6.10 Å². The quantitative estimate of drug-likeness (QED) is 0.534. The summed E-state index contributed by atoms with van der Waals surface area (Å²) in [5.41, 5.74) is 1.82. The van der Waals surface area contributed by atoms with Crippen molar-refractivity contribution >= 4 is 17.6 Å². The summed E-state index contributed by atoms with van der Waals surface area (Å²) < 4.78 is 10.7. The first-order chi connectivity index (χ1) is 12.7. The summed E-state index contributed by atoms with van der Waals surface area (Å²) in [6, 6.07) is 12.9. The van der Waals surface area contributed by atoms with Crippen LogP contribution in [0.2, 0.25) is 5.02 Å². The Morgan fingerprint density at radius 3 is 2.69 bits per heavy atom. The van der Waals surface area contributed by atoms with Crippen LogP contribution in [0.15, 0.2) is 47.5 Å². The van der Waals surface area contributed by atoms with Crippen LogP contribution < -0.4 is 20.1 Å². The Hall–Kier alpha value is -2.44. The smallest absolute Gasteiger partial charge is 0.231 e. The number of ether oxygens (including phenoxy) is 2. The molecule has 1 aliphatic rings. The van der Waals surface area contributed by atoms with Gasteiger partial charge in [-0.3, -0.25) is 0 Å². The fraction of sp³-hybridized carbons (Fsp3) is 0.316. The fourth-order valence-electron chi connectivity index (χ4n) is 2.55. The summed E-state index contributed by atoms with van der Waals surface area (Å²) in [6.07, 6.45) is -0.651. The molecule has 0 spiro atoms. The molecule has 0 amide bonds. The number of hydrogen-bond acceptors (Lipinski definition) is 4. The van der Waals surface area contributed by atoms with Gasteiger partial charge in [0.05, 0.1) is 12.6 Å². The zero-order chi connectivity index (χ0) is 18.4. The average molecular weight is 376 g/mol. The molecule has 1 unspecified atom stereocenters. The van der Waals surface area contributed by atoms with Gasteiger partial charge in [0.1, 0.15) is 0 Å². The van der Waals surface area contributed by atoms with Crippen molar-refractivity contribution in [1.82, 2.24) is 10.6 Å². The highest BCUT2D eigenvalue weighted by molar-refractivity contribution is 6.30. The molecule has 1 aliphatic heterocycles. The van der Waals surface area contributed by atoms with Crippen LogP contribution in [0.25, 0.3) is 0 Å². The number of benzene rings is 2. The maximum Gasteiger partial charge on any atom is 0.231 e. The highest BCUT2D eigenvalue weighted by atomic mass is 35.5. The lowest BCUT2D eigenvalue weighted by Gasteiger charge is -2.15. The number of nitrogens with zero attached hydrogens (tertiary/aromatic N) is 1. The van der Waals surface area contributed by atoms with Gasteiger partial charge in [0.25, 0.3) is 0 Å². The Labute approximate surface area is 157 Å². The number of nitrogens with one attached hydrogen (secondary N) is 2. The maximum absolute atomic E-state index is 10.3. The summed E-state index contributed by atoms with van der Waals surface area (Å²) >= 11 is 5.88. The lowest BCUT2D eigenvalue weighted by Crippen LogP contribution is -2.39. The van der Waals surface area contributed by atoms with Crippen molar-refractivity contribution in [1.29, 1.82) is 0 Å². The van der Waals surface area contributed by atoms with E-state index >= 15 is 0 Å². The molecule has 138 valence electrons. The molecule has 2 aromatic carbocycles. The monoisotopic (exact) mass is 375 g/mol. The zero-order valence-corrected chi connectivity index (χ0v) is 15.3. The molecule has 0 radical (unpaired) electrons. The summed E-state index contributed by atoms with van der Waals surface area (Å²) in [6.45, 7) is 3.81. The topological polar surface area (TPSA) is 75.1 Å². The second-order valence-electron chi connectivity index (χ2n) is 5.83. The van der Waals surface area contributed by atoms with E-state index in [1.807, 2.05) is 37.3 Å². The second kappa shape index (κ2) is 8.78. The van der Waals surface area contributed by atoms with Crippen LogP contribution >= 0.6 is 11.6 Å². The number of guanidine groups is 1. The van der Waals surface area contributed by atoms with Crippen LogP contribution in [0.4, 0.5) is 0 Å². The lowest BCUT2D eigenvalue weighted by atomic mass is 10.1. The Morgan fingerprint density at radius 2 is 1.92 bits per heavy atom. The first-order valence-electron chi connectivity index (χ1n) is 8.50. The van der Waals surface area contributed by atoms with Crippen molar-refractivity contribution in [3.05, 3.63) is 58.6 Å². The third-order valence-electron chi connectivity index (χ3n) is 3.92. The fourth-order valence-corrected chi connectivity index (χ4v) is 2.67. The Bertz CT molecular complexity index is 765. The zero-order valence-electron chi connectivity index (χ0n) is 14.5. The summed E-state index contributed by atoms with van der Waals surface area (Å²) in [5.74, 6) is 2.14. The second-order valence-corrected chi connectivity index (χ2v) is 6.27. The predicted molar refractivity (Wildman–Crippen MR) is 102 cm³/mol. The highest BCUT2D eigenvalue weighted by Crippen LogP contribution is 2.32. The van der Waals surface area contributed by atoms with Gasteiger partial charge in [-0.15, -0.1) is 0 Å². The van der Waals surface area contributed by atoms with E-state index in [1.165, 1.54) is 0 Å².